The third-order valence-corrected chi connectivity index (χ3v) is 5.63. The number of nitrogens with zero attached hydrogens (tertiary/aromatic N) is 1. The van der Waals surface area contributed by atoms with Crippen LogP contribution in [0.25, 0.3) is 0 Å². The number of piperidine rings is 1. The van der Waals surface area contributed by atoms with Crippen molar-refractivity contribution in [2.75, 3.05) is 13.1 Å². The molecule has 1 amide bonds. The molecule has 1 aliphatic rings. The van der Waals surface area contributed by atoms with E-state index < -0.39 is 0 Å². The average Bonchev–Trinajstić information content (AvgIpc) is 2.53. The molecule has 130 valence electrons. The molecule has 5 heteroatoms. The Morgan fingerprint density at radius 3 is 2.48 bits per heavy atom. The Balaban J connectivity index is 0.00000264. The first kappa shape index (κ1) is 20.5. The zero-order chi connectivity index (χ0) is 16.1. The summed E-state index contributed by atoms with van der Waals surface area (Å²) >= 11 is 3.58. The molecule has 0 aliphatic carbocycles. The number of hydrogen-bond acceptors (Lipinski definition) is 2. The van der Waals surface area contributed by atoms with Crippen molar-refractivity contribution in [3.05, 3.63) is 34.3 Å². The second-order valence-electron chi connectivity index (χ2n) is 6.42. The van der Waals surface area contributed by atoms with E-state index in [1.807, 2.05) is 23.1 Å². The monoisotopic (exact) mass is 402 g/mol. The van der Waals surface area contributed by atoms with Gasteiger partial charge < -0.3 is 10.6 Å². The van der Waals surface area contributed by atoms with Crippen LogP contribution in [0, 0.1) is 11.8 Å². The van der Waals surface area contributed by atoms with Gasteiger partial charge in [0.15, 0.2) is 0 Å². The first-order chi connectivity index (χ1) is 10.5. The quantitative estimate of drug-likeness (QED) is 0.807. The topological polar surface area (TPSA) is 46.3 Å². The van der Waals surface area contributed by atoms with Crippen molar-refractivity contribution in [2.24, 2.45) is 17.6 Å². The summed E-state index contributed by atoms with van der Waals surface area (Å²) in [4.78, 5) is 14.8. The minimum atomic E-state index is 0. The number of benzene rings is 1. The zero-order valence-electron chi connectivity index (χ0n) is 14.0. The average molecular weight is 404 g/mol. The van der Waals surface area contributed by atoms with E-state index in [0.717, 1.165) is 43.2 Å². The van der Waals surface area contributed by atoms with Gasteiger partial charge in [0.1, 0.15) is 0 Å². The number of likely N-dealkylation sites (tertiary alicyclic amines) is 1. The van der Waals surface area contributed by atoms with Crippen LogP contribution in [0.1, 0.15) is 38.7 Å². The summed E-state index contributed by atoms with van der Waals surface area (Å²) in [6.07, 6.45) is 3.76. The van der Waals surface area contributed by atoms with Gasteiger partial charge in [0.05, 0.1) is 0 Å². The third-order valence-electron chi connectivity index (χ3n) is 4.86. The van der Waals surface area contributed by atoms with Crippen molar-refractivity contribution in [1.29, 1.82) is 0 Å². The maximum absolute atomic E-state index is 12.8. The number of nitrogens with two attached hydrogens (primary N) is 1. The van der Waals surface area contributed by atoms with Crippen LogP contribution in [0.2, 0.25) is 0 Å². The molecular weight excluding hydrogens is 376 g/mol. The second kappa shape index (κ2) is 9.65. The van der Waals surface area contributed by atoms with Crippen molar-refractivity contribution in [3.8, 4) is 0 Å². The largest absolute Gasteiger partial charge is 0.342 e. The second-order valence-corrected chi connectivity index (χ2v) is 7.28. The fraction of sp³-hybridized carbons (Fsp3) is 0.611. The Hall–Kier alpha value is -0.580. The van der Waals surface area contributed by atoms with Gasteiger partial charge in [0.2, 0.25) is 5.91 Å². The Labute approximate surface area is 154 Å². The Morgan fingerprint density at radius 1 is 1.35 bits per heavy atom. The molecule has 0 spiro atoms. The summed E-state index contributed by atoms with van der Waals surface area (Å²) < 4.78 is 1.09. The van der Waals surface area contributed by atoms with Crippen LogP contribution in [-0.4, -0.2) is 29.9 Å². The van der Waals surface area contributed by atoms with E-state index in [1.54, 1.807) is 0 Å². The maximum atomic E-state index is 12.8. The van der Waals surface area contributed by atoms with Crippen molar-refractivity contribution >= 4 is 34.2 Å². The van der Waals surface area contributed by atoms with Crippen molar-refractivity contribution < 1.29 is 4.79 Å². The Bertz CT molecular complexity index is 502. The predicted molar refractivity (Wildman–Crippen MR) is 102 cm³/mol. The molecule has 2 atom stereocenters. The van der Waals surface area contributed by atoms with Gasteiger partial charge in [-0.2, -0.15) is 0 Å². The van der Waals surface area contributed by atoms with Crippen molar-refractivity contribution in [3.63, 3.8) is 0 Å². The molecule has 0 bridgehead atoms. The highest BCUT2D eigenvalue weighted by molar-refractivity contribution is 9.10. The van der Waals surface area contributed by atoms with Gasteiger partial charge in [-0.25, -0.2) is 0 Å². The van der Waals surface area contributed by atoms with Gasteiger partial charge in [-0.15, -0.1) is 12.4 Å². The Kier molecular flexibility index (Phi) is 8.59. The zero-order valence-corrected chi connectivity index (χ0v) is 16.4. The molecule has 0 aromatic heterocycles. The fourth-order valence-electron chi connectivity index (χ4n) is 3.24. The number of carbonyl (C=O) groups excluding carboxylic acids is 1. The molecule has 3 nitrogen and oxygen atoms in total. The number of halogens is 2. The van der Waals surface area contributed by atoms with Crippen LogP contribution in [0.15, 0.2) is 28.7 Å². The molecule has 1 aromatic rings. The number of carbonyl (C=O) groups is 1. The molecule has 1 fully saturated rings. The van der Waals surface area contributed by atoms with E-state index in [-0.39, 0.29) is 24.4 Å². The smallest absolute Gasteiger partial charge is 0.226 e. The van der Waals surface area contributed by atoms with E-state index in [9.17, 15) is 4.79 Å². The molecule has 1 aromatic carbocycles. The van der Waals surface area contributed by atoms with Crippen LogP contribution < -0.4 is 5.73 Å². The Morgan fingerprint density at radius 2 is 1.96 bits per heavy atom. The highest BCUT2D eigenvalue weighted by Crippen LogP contribution is 2.25. The van der Waals surface area contributed by atoms with Crippen LogP contribution in [0.3, 0.4) is 0 Å². The predicted octanol–water partition coefficient (Wildman–Crippen LogP) is 4.03. The van der Waals surface area contributed by atoms with Gasteiger partial charge in [-0.3, -0.25) is 4.79 Å². The van der Waals surface area contributed by atoms with E-state index in [0.29, 0.717) is 11.8 Å². The molecule has 23 heavy (non-hydrogen) atoms. The van der Waals surface area contributed by atoms with E-state index in [2.05, 4.69) is 35.8 Å². The van der Waals surface area contributed by atoms with Gasteiger partial charge in [0.25, 0.3) is 0 Å². The summed E-state index contributed by atoms with van der Waals surface area (Å²) in [6, 6.07) is 8.42. The normalized spacial score (nSPS) is 18.2. The number of amides is 1. The molecule has 1 saturated heterocycles. The van der Waals surface area contributed by atoms with Gasteiger partial charge >= 0.3 is 0 Å². The van der Waals surface area contributed by atoms with Gasteiger partial charge in [-0.05, 0) is 50.2 Å². The van der Waals surface area contributed by atoms with Crippen LogP contribution in [-0.2, 0) is 11.2 Å². The maximum Gasteiger partial charge on any atom is 0.226 e. The summed E-state index contributed by atoms with van der Waals surface area (Å²) in [5.41, 5.74) is 7.20. The van der Waals surface area contributed by atoms with Crippen LogP contribution >= 0.6 is 28.3 Å². The summed E-state index contributed by atoms with van der Waals surface area (Å²) in [6.45, 7) is 5.90. The third kappa shape index (κ3) is 5.47. The molecular formula is C18H28BrClN2O. The van der Waals surface area contributed by atoms with E-state index >= 15 is 0 Å². The van der Waals surface area contributed by atoms with E-state index in [1.165, 1.54) is 5.56 Å². The van der Waals surface area contributed by atoms with Crippen molar-refractivity contribution in [2.45, 2.75) is 45.6 Å². The van der Waals surface area contributed by atoms with E-state index in [4.69, 9.17) is 5.73 Å². The van der Waals surface area contributed by atoms with Gasteiger partial charge in [0, 0.05) is 29.5 Å². The summed E-state index contributed by atoms with van der Waals surface area (Å²) in [7, 11) is 0. The van der Waals surface area contributed by atoms with Crippen LogP contribution in [0.4, 0.5) is 0 Å². The minimum Gasteiger partial charge on any atom is -0.342 e. The summed E-state index contributed by atoms with van der Waals surface area (Å²) in [5, 5.41) is 0. The SMILES string of the molecule is CCC(Cc1ccccc1Br)C(=O)N1CCC(C(C)N)CC1.Cl. The number of hydrogen-bond donors (Lipinski definition) is 1. The lowest BCUT2D eigenvalue weighted by molar-refractivity contribution is -0.137. The number of rotatable bonds is 5. The molecule has 0 radical (unpaired) electrons. The van der Waals surface area contributed by atoms with Gasteiger partial charge in [-0.1, -0.05) is 41.1 Å². The molecule has 2 unspecified atom stereocenters. The highest BCUT2D eigenvalue weighted by atomic mass is 79.9. The molecule has 1 heterocycles. The summed E-state index contributed by atoms with van der Waals surface area (Å²) in [5.74, 6) is 0.944. The molecule has 2 rings (SSSR count). The first-order valence-electron chi connectivity index (χ1n) is 8.30. The molecule has 2 N–H and O–H groups in total. The highest BCUT2D eigenvalue weighted by Gasteiger charge is 2.28. The van der Waals surface area contributed by atoms with Crippen molar-refractivity contribution in [1.82, 2.24) is 4.90 Å². The molecule has 0 saturated carbocycles. The minimum absolute atomic E-state index is 0. The van der Waals surface area contributed by atoms with Crippen LogP contribution in [0.5, 0.6) is 0 Å². The lowest BCUT2D eigenvalue weighted by atomic mass is 9.89. The standard InChI is InChI=1S/C18H27BrN2O.ClH/c1-3-14(12-16-6-4-5-7-17(16)19)18(22)21-10-8-15(9-11-21)13(2)20;/h4-7,13-15H,3,8-12,20H2,1-2H3;1H. The molecule has 1 aliphatic heterocycles. The first-order valence-corrected chi connectivity index (χ1v) is 9.10. The lowest BCUT2D eigenvalue weighted by Gasteiger charge is -2.35. The fourth-order valence-corrected chi connectivity index (χ4v) is 3.69. The lowest BCUT2D eigenvalue weighted by Crippen LogP contribution is -2.45.